The number of hydrogen-bond donors (Lipinski definition) is 0. The molecule has 0 aliphatic carbocycles. The summed E-state index contributed by atoms with van der Waals surface area (Å²) in [5, 5.41) is 7.09. The summed E-state index contributed by atoms with van der Waals surface area (Å²) in [6.45, 7) is 0. The van der Waals surface area contributed by atoms with Gasteiger partial charge in [-0.1, -0.05) is 133 Å². The minimum absolute atomic E-state index is 0.609. The monoisotopic (exact) mass is 631 g/mol. The second-order valence-corrected chi connectivity index (χ2v) is 13.0. The van der Waals surface area contributed by atoms with Crippen molar-refractivity contribution in [2.24, 2.45) is 0 Å². The quantitative estimate of drug-likeness (QED) is 0.194. The van der Waals surface area contributed by atoms with Crippen molar-refractivity contribution in [1.29, 1.82) is 0 Å². The lowest BCUT2D eigenvalue weighted by Crippen LogP contribution is -2.00. The Kier molecular flexibility index (Phi) is 6.01. The van der Waals surface area contributed by atoms with Gasteiger partial charge in [0.15, 0.2) is 17.5 Å². The summed E-state index contributed by atoms with van der Waals surface area (Å²) in [6, 6.07) is 52.5. The second kappa shape index (κ2) is 10.7. The maximum absolute atomic E-state index is 6.76. The van der Waals surface area contributed by atoms with Gasteiger partial charge in [0.25, 0.3) is 0 Å². The predicted molar refractivity (Wildman–Crippen MR) is 199 cm³/mol. The summed E-state index contributed by atoms with van der Waals surface area (Å²) in [7, 11) is 0. The standard InChI is InChI=1S/C43H25N3OS/c1-3-13-27(14-4-1)41-44-42(28-15-5-2-6-16-28)46-43(45-41)35-25-24-30(38-37(35)34-18-9-10-21-36(34)47-38)31-19-11-20-32-33-23-22-26-12-7-8-17-29(26)39(33)48-40(31)32/h1-25H. The van der Waals surface area contributed by atoms with Crippen LogP contribution in [0.1, 0.15) is 0 Å². The molecule has 0 amide bonds. The Bertz CT molecular complexity index is 2780. The fraction of sp³-hybridized carbons (Fsp3) is 0. The van der Waals surface area contributed by atoms with Crippen LogP contribution in [0.4, 0.5) is 0 Å². The van der Waals surface area contributed by atoms with Gasteiger partial charge in [-0.05, 0) is 29.0 Å². The van der Waals surface area contributed by atoms with Gasteiger partial charge in [0.1, 0.15) is 11.2 Å². The molecule has 10 rings (SSSR count). The molecule has 0 spiro atoms. The number of fused-ring (bicyclic) bond motifs is 8. The molecule has 0 bridgehead atoms. The number of hydrogen-bond acceptors (Lipinski definition) is 5. The van der Waals surface area contributed by atoms with Gasteiger partial charge in [-0.15, -0.1) is 11.3 Å². The van der Waals surface area contributed by atoms with Crippen molar-refractivity contribution in [3.05, 3.63) is 152 Å². The molecular weight excluding hydrogens is 607 g/mol. The summed E-state index contributed by atoms with van der Waals surface area (Å²) in [5.41, 5.74) is 6.64. The Hall–Kier alpha value is -6.17. The Balaban J connectivity index is 1.26. The molecule has 0 saturated carbocycles. The zero-order valence-electron chi connectivity index (χ0n) is 25.6. The predicted octanol–water partition coefficient (Wildman–Crippen LogP) is 12.0. The van der Waals surface area contributed by atoms with Crippen LogP contribution in [0.25, 0.3) is 98.2 Å². The van der Waals surface area contributed by atoms with Gasteiger partial charge >= 0.3 is 0 Å². The number of aromatic nitrogens is 3. The van der Waals surface area contributed by atoms with E-state index in [1.165, 1.54) is 30.9 Å². The second-order valence-electron chi connectivity index (χ2n) is 11.9. The Morgan fingerprint density at radius 3 is 1.77 bits per heavy atom. The molecule has 3 aromatic heterocycles. The van der Waals surface area contributed by atoms with E-state index in [4.69, 9.17) is 19.4 Å². The minimum atomic E-state index is 0.609. The Morgan fingerprint density at radius 1 is 0.396 bits per heavy atom. The third kappa shape index (κ3) is 4.18. The third-order valence-corrected chi connectivity index (χ3v) is 10.4. The molecule has 7 aromatic carbocycles. The van der Waals surface area contributed by atoms with Gasteiger partial charge in [0.2, 0.25) is 0 Å². The molecule has 0 radical (unpaired) electrons. The molecule has 5 heteroatoms. The summed E-state index contributed by atoms with van der Waals surface area (Å²) < 4.78 is 9.31. The molecule has 0 aliphatic rings. The van der Waals surface area contributed by atoms with Gasteiger partial charge in [0.05, 0.1) is 0 Å². The highest BCUT2D eigenvalue weighted by Gasteiger charge is 2.22. The van der Waals surface area contributed by atoms with E-state index in [9.17, 15) is 0 Å². The van der Waals surface area contributed by atoms with Crippen molar-refractivity contribution in [2.75, 3.05) is 0 Å². The van der Waals surface area contributed by atoms with Crippen molar-refractivity contribution in [1.82, 2.24) is 15.0 Å². The smallest absolute Gasteiger partial charge is 0.164 e. The van der Waals surface area contributed by atoms with Crippen molar-refractivity contribution in [2.45, 2.75) is 0 Å². The topological polar surface area (TPSA) is 51.8 Å². The first-order valence-corrected chi connectivity index (χ1v) is 16.8. The molecule has 224 valence electrons. The van der Waals surface area contributed by atoms with E-state index in [0.717, 1.165) is 49.8 Å². The Labute approximate surface area is 279 Å². The highest BCUT2D eigenvalue weighted by Crippen LogP contribution is 2.47. The normalized spacial score (nSPS) is 11.8. The van der Waals surface area contributed by atoms with Crippen LogP contribution in [-0.2, 0) is 0 Å². The fourth-order valence-electron chi connectivity index (χ4n) is 6.89. The van der Waals surface area contributed by atoms with Crippen LogP contribution in [0.5, 0.6) is 0 Å². The Morgan fingerprint density at radius 2 is 1.00 bits per heavy atom. The molecule has 0 saturated heterocycles. The van der Waals surface area contributed by atoms with E-state index in [2.05, 4.69) is 78.9 Å². The summed E-state index contributed by atoms with van der Waals surface area (Å²) in [6.07, 6.45) is 0. The molecule has 10 aromatic rings. The first kappa shape index (κ1) is 27.0. The lowest BCUT2D eigenvalue weighted by Gasteiger charge is -2.11. The number of para-hydroxylation sites is 1. The van der Waals surface area contributed by atoms with Crippen molar-refractivity contribution < 1.29 is 4.42 Å². The highest BCUT2D eigenvalue weighted by atomic mass is 32.1. The molecular formula is C43H25N3OS. The van der Waals surface area contributed by atoms with E-state index in [-0.39, 0.29) is 0 Å². The molecule has 4 nitrogen and oxygen atoms in total. The zero-order valence-corrected chi connectivity index (χ0v) is 26.4. The number of rotatable bonds is 4. The lowest BCUT2D eigenvalue weighted by molar-refractivity contribution is 0.670. The molecule has 0 fully saturated rings. The first-order chi connectivity index (χ1) is 23.8. The van der Waals surface area contributed by atoms with Gasteiger partial charge in [-0.3, -0.25) is 0 Å². The highest BCUT2D eigenvalue weighted by molar-refractivity contribution is 7.27. The molecule has 3 heterocycles. The van der Waals surface area contributed by atoms with E-state index in [1.54, 1.807) is 0 Å². The number of furan rings is 1. The van der Waals surface area contributed by atoms with Crippen LogP contribution in [-0.4, -0.2) is 15.0 Å². The third-order valence-electron chi connectivity index (χ3n) is 9.15. The number of thiophene rings is 1. The number of nitrogens with zero attached hydrogens (tertiary/aromatic N) is 3. The van der Waals surface area contributed by atoms with Gasteiger partial charge in [0, 0.05) is 58.8 Å². The van der Waals surface area contributed by atoms with Crippen LogP contribution in [0.15, 0.2) is 156 Å². The number of benzene rings is 7. The fourth-order valence-corrected chi connectivity index (χ4v) is 8.26. The largest absolute Gasteiger partial charge is 0.455 e. The summed E-state index contributed by atoms with van der Waals surface area (Å²) in [4.78, 5) is 15.1. The minimum Gasteiger partial charge on any atom is -0.455 e. The maximum Gasteiger partial charge on any atom is 0.164 e. The van der Waals surface area contributed by atoms with Crippen molar-refractivity contribution >= 4 is 64.2 Å². The van der Waals surface area contributed by atoms with Crippen LogP contribution in [0.2, 0.25) is 0 Å². The molecule has 0 unspecified atom stereocenters. The van der Waals surface area contributed by atoms with E-state index in [0.29, 0.717) is 17.5 Å². The van der Waals surface area contributed by atoms with Crippen LogP contribution in [0, 0.1) is 0 Å². The molecule has 0 aliphatic heterocycles. The van der Waals surface area contributed by atoms with Crippen molar-refractivity contribution in [3.8, 4) is 45.3 Å². The van der Waals surface area contributed by atoms with Crippen LogP contribution >= 0.6 is 11.3 Å². The first-order valence-electron chi connectivity index (χ1n) is 15.9. The average molecular weight is 632 g/mol. The van der Waals surface area contributed by atoms with Gasteiger partial charge in [-0.25, -0.2) is 15.0 Å². The zero-order chi connectivity index (χ0) is 31.6. The summed E-state index contributed by atoms with van der Waals surface area (Å²) >= 11 is 1.85. The SMILES string of the molecule is c1ccc(-c2nc(-c3ccccc3)nc(-c3ccc(-c4cccc5c4sc4c6ccccc6ccc54)c4oc5ccccc5c34)n2)cc1. The molecule has 0 N–H and O–H groups in total. The van der Waals surface area contributed by atoms with Gasteiger partial charge < -0.3 is 4.42 Å². The average Bonchev–Trinajstić information content (AvgIpc) is 3.75. The summed E-state index contributed by atoms with van der Waals surface area (Å²) in [5.74, 6) is 1.87. The van der Waals surface area contributed by atoms with Gasteiger partial charge in [-0.2, -0.15) is 0 Å². The van der Waals surface area contributed by atoms with Crippen LogP contribution < -0.4 is 0 Å². The van der Waals surface area contributed by atoms with Crippen LogP contribution in [0.3, 0.4) is 0 Å². The lowest BCUT2D eigenvalue weighted by atomic mass is 9.96. The maximum atomic E-state index is 6.76. The van der Waals surface area contributed by atoms with E-state index in [1.807, 2.05) is 84.1 Å². The van der Waals surface area contributed by atoms with E-state index < -0.39 is 0 Å². The molecule has 0 atom stereocenters. The van der Waals surface area contributed by atoms with E-state index >= 15 is 0 Å². The van der Waals surface area contributed by atoms with Crippen molar-refractivity contribution in [3.63, 3.8) is 0 Å². The molecule has 48 heavy (non-hydrogen) atoms.